The lowest BCUT2D eigenvalue weighted by atomic mass is 9.93. The Morgan fingerprint density at radius 2 is 1.72 bits per heavy atom. The summed E-state index contributed by atoms with van der Waals surface area (Å²) in [5.41, 5.74) is 3.82. The van der Waals surface area contributed by atoms with Crippen LogP contribution >= 0.6 is 0 Å². The van der Waals surface area contributed by atoms with Crippen LogP contribution in [0.25, 0.3) is 0 Å². The summed E-state index contributed by atoms with van der Waals surface area (Å²) in [6.07, 6.45) is 2.20. The molecular weight excluding hydrogens is 460 g/mol. The predicted octanol–water partition coefficient (Wildman–Crippen LogP) is 2.89. The Balaban J connectivity index is 1.71. The van der Waals surface area contributed by atoms with Gasteiger partial charge in [-0.2, -0.15) is 5.10 Å². The van der Waals surface area contributed by atoms with Crippen LogP contribution in [0.3, 0.4) is 0 Å². The van der Waals surface area contributed by atoms with E-state index in [9.17, 15) is 14.7 Å². The number of nitrogens with zero attached hydrogens (tertiary/aromatic N) is 3. The number of piperidine rings is 1. The van der Waals surface area contributed by atoms with Crippen molar-refractivity contribution in [3.05, 3.63) is 58.7 Å². The van der Waals surface area contributed by atoms with Gasteiger partial charge in [-0.3, -0.25) is 4.79 Å². The normalized spacial score (nSPS) is 18.1. The van der Waals surface area contributed by atoms with Gasteiger partial charge in [-0.25, -0.2) is 9.80 Å². The summed E-state index contributed by atoms with van der Waals surface area (Å²) in [5.74, 6) is 1.43. The zero-order chi connectivity index (χ0) is 25.8. The van der Waals surface area contributed by atoms with Crippen LogP contribution in [-0.2, 0) is 6.42 Å². The van der Waals surface area contributed by atoms with Crippen molar-refractivity contribution in [2.24, 2.45) is 11.0 Å². The predicted molar refractivity (Wildman–Crippen MR) is 137 cm³/mol. The van der Waals surface area contributed by atoms with Gasteiger partial charge in [0.1, 0.15) is 0 Å². The van der Waals surface area contributed by atoms with Gasteiger partial charge in [0.05, 0.1) is 26.0 Å². The van der Waals surface area contributed by atoms with Gasteiger partial charge in [-0.15, -0.1) is 0 Å². The molecular formula is C27H34N4O5. The molecule has 0 aromatic heterocycles. The maximum atomic E-state index is 13.1. The molecule has 2 N–H and O–H groups in total. The van der Waals surface area contributed by atoms with Gasteiger partial charge in [-0.05, 0) is 61.9 Å². The molecule has 2 heterocycles. The van der Waals surface area contributed by atoms with Crippen LogP contribution in [0.5, 0.6) is 11.5 Å². The molecule has 1 unspecified atom stereocenters. The molecule has 0 spiro atoms. The standard InChI is InChI=1S/C27H34N4O5/c1-17-13-21-14-23(35-3)24(36-4)15-22(21)25(29-31(17)27(34)28-2)19-5-7-20(8-6-19)26(33)30-11-9-18(16-32)10-12-30/h5-8,14-15,17-18,32H,9-13,16H2,1-4H3,(H,28,34). The number of carbonyl (C=O) groups is 2. The summed E-state index contributed by atoms with van der Waals surface area (Å²) in [4.78, 5) is 27.6. The van der Waals surface area contributed by atoms with Gasteiger partial charge in [-0.1, -0.05) is 12.1 Å². The average Bonchev–Trinajstić information content (AvgIpc) is 3.06. The van der Waals surface area contributed by atoms with Crippen LogP contribution in [0, 0.1) is 5.92 Å². The highest BCUT2D eigenvalue weighted by Gasteiger charge is 2.29. The van der Waals surface area contributed by atoms with Crippen molar-refractivity contribution in [1.29, 1.82) is 0 Å². The molecule has 9 nitrogen and oxygen atoms in total. The second kappa shape index (κ2) is 11.0. The summed E-state index contributed by atoms with van der Waals surface area (Å²) in [6.45, 7) is 3.41. The number of benzene rings is 2. The molecule has 0 aliphatic carbocycles. The van der Waals surface area contributed by atoms with Crippen LogP contribution in [0.1, 0.15) is 46.8 Å². The quantitative estimate of drug-likeness (QED) is 0.665. The number of amides is 3. The lowest BCUT2D eigenvalue weighted by molar-refractivity contribution is 0.0651. The Morgan fingerprint density at radius 1 is 1.08 bits per heavy atom. The number of aliphatic hydroxyl groups is 1. The Bertz CT molecular complexity index is 1140. The van der Waals surface area contributed by atoms with Gasteiger partial charge in [0.25, 0.3) is 5.91 Å². The molecule has 0 saturated carbocycles. The summed E-state index contributed by atoms with van der Waals surface area (Å²) in [7, 11) is 4.76. The van der Waals surface area contributed by atoms with Gasteiger partial charge < -0.3 is 24.8 Å². The van der Waals surface area contributed by atoms with E-state index in [4.69, 9.17) is 14.6 Å². The van der Waals surface area contributed by atoms with Crippen molar-refractivity contribution in [1.82, 2.24) is 15.2 Å². The summed E-state index contributed by atoms with van der Waals surface area (Å²) >= 11 is 0. The molecule has 36 heavy (non-hydrogen) atoms. The lowest BCUT2D eigenvalue weighted by Crippen LogP contribution is -2.41. The second-order valence-corrected chi connectivity index (χ2v) is 9.26. The van der Waals surface area contributed by atoms with Crippen molar-refractivity contribution in [2.45, 2.75) is 32.2 Å². The number of likely N-dealkylation sites (tertiary alicyclic amines) is 1. The minimum atomic E-state index is -0.301. The first-order chi connectivity index (χ1) is 17.4. The van der Waals surface area contributed by atoms with Crippen LogP contribution < -0.4 is 14.8 Å². The van der Waals surface area contributed by atoms with Crippen molar-refractivity contribution in [3.8, 4) is 11.5 Å². The Kier molecular flexibility index (Phi) is 7.79. The third-order valence-corrected chi connectivity index (χ3v) is 6.99. The highest BCUT2D eigenvalue weighted by Crippen LogP contribution is 2.34. The summed E-state index contributed by atoms with van der Waals surface area (Å²) in [6, 6.07) is 10.7. The monoisotopic (exact) mass is 494 g/mol. The van der Waals surface area contributed by atoms with E-state index >= 15 is 0 Å². The molecule has 2 aromatic rings. The van der Waals surface area contributed by atoms with Crippen LogP contribution in [0.4, 0.5) is 4.79 Å². The lowest BCUT2D eigenvalue weighted by Gasteiger charge is -2.31. The number of hydrogen-bond acceptors (Lipinski definition) is 6. The fourth-order valence-corrected chi connectivity index (χ4v) is 4.82. The fourth-order valence-electron chi connectivity index (χ4n) is 4.82. The largest absolute Gasteiger partial charge is 0.493 e. The number of nitrogens with one attached hydrogen (secondary N) is 1. The van der Waals surface area contributed by atoms with Crippen LogP contribution in [-0.4, -0.2) is 79.7 Å². The Labute approximate surface area is 211 Å². The van der Waals surface area contributed by atoms with Crippen molar-refractivity contribution in [3.63, 3.8) is 0 Å². The Morgan fingerprint density at radius 3 is 2.31 bits per heavy atom. The molecule has 1 atom stereocenters. The van der Waals surface area contributed by atoms with Crippen molar-refractivity contribution in [2.75, 3.05) is 41.0 Å². The number of methoxy groups -OCH3 is 2. The van der Waals surface area contributed by atoms with Gasteiger partial charge >= 0.3 is 6.03 Å². The van der Waals surface area contributed by atoms with Crippen molar-refractivity contribution < 1.29 is 24.2 Å². The molecule has 2 aromatic carbocycles. The average molecular weight is 495 g/mol. The van der Waals surface area contributed by atoms with E-state index in [2.05, 4.69) is 5.32 Å². The fraction of sp³-hybridized carbons (Fsp3) is 0.444. The van der Waals surface area contributed by atoms with E-state index in [1.54, 1.807) is 33.4 Å². The number of ether oxygens (including phenoxy) is 2. The topological polar surface area (TPSA) is 104 Å². The zero-order valence-electron chi connectivity index (χ0n) is 21.3. The second-order valence-electron chi connectivity index (χ2n) is 9.26. The SMILES string of the molecule is CNC(=O)N1N=C(c2ccc(C(=O)N3CCC(CO)CC3)cc2)c2cc(OC)c(OC)cc2CC1C. The molecule has 4 rings (SSSR count). The molecule has 2 aliphatic rings. The number of urea groups is 1. The van der Waals surface area contributed by atoms with Gasteiger partial charge in [0.2, 0.25) is 0 Å². The number of carbonyl (C=O) groups excluding carboxylic acids is 2. The maximum Gasteiger partial charge on any atom is 0.337 e. The van der Waals surface area contributed by atoms with Crippen molar-refractivity contribution >= 4 is 17.6 Å². The molecule has 9 heteroatoms. The third-order valence-electron chi connectivity index (χ3n) is 6.99. The van der Waals surface area contributed by atoms with E-state index in [0.717, 1.165) is 29.5 Å². The van der Waals surface area contributed by atoms with Crippen LogP contribution in [0.2, 0.25) is 0 Å². The van der Waals surface area contributed by atoms with Crippen LogP contribution in [0.15, 0.2) is 41.5 Å². The third kappa shape index (κ3) is 5.02. The summed E-state index contributed by atoms with van der Waals surface area (Å²) in [5, 5.41) is 18.3. The molecule has 0 radical (unpaired) electrons. The van der Waals surface area contributed by atoms with E-state index in [1.807, 2.05) is 36.1 Å². The van der Waals surface area contributed by atoms with E-state index in [-0.39, 0.29) is 30.5 Å². The van der Waals surface area contributed by atoms with E-state index in [0.29, 0.717) is 42.3 Å². The minimum absolute atomic E-state index is 0.0202. The highest BCUT2D eigenvalue weighted by atomic mass is 16.5. The summed E-state index contributed by atoms with van der Waals surface area (Å²) < 4.78 is 11.1. The van der Waals surface area contributed by atoms with Gasteiger partial charge in [0, 0.05) is 43.4 Å². The molecule has 2 aliphatic heterocycles. The molecule has 0 bridgehead atoms. The number of hydrazone groups is 1. The number of rotatable bonds is 5. The van der Waals surface area contributed by atoms with E-state index < -0.39 is 0 Å². The van der Waals surface area contributed by atoms with Gasteiger partial charge in [0.15, 0.2) is 11.5 Å². The maximum absolute atomic E-state index is 13.1. The molecule has 1 saturated heterocycles. The Hall–Kier alpha value is -3.59. The smallest absolute Gasteiger partial charge is 0.337 e. The first kappa shape index (κ1) is 25.5. The molecule has 192 valence electrons. The number of hydrogen-bond donors (Lipinski definition) is 2. The minimum Gasteiger partial charge on any atom is -0.493 e. The first-order valence-corrected chi connectivity index (χ1v) is 12.3. The molecule has 3 amide bonds. The number of aliphatic hydroxyl groups excluding tert-OH is 1. The molecule has 1 fully saturated rings. The number of fused-ring (bicyclic) bond motifs is 1. The highest BCUT2D eigenvalue weighted by molar-refractivity contribution is 6.15. The zero-order valence-corrected chi connectivity index (χ0v) is 21.3. The first-order valence-electron chi connectivity index (χ1n) is 12.3. The van der Waals surface area contributed by atoms with E-state index in [1.165, 1.54) is 5.01 Å².